The van der Waals surface area contributed by atoms with E-state index in [0.717, 1.165) is 43.1 Å². The molecule has 2 amide bonds. The van der Waals surface area contributed by atoms with E-state index in [2.05, 4.69) is 20.6 Å². The third-order valence-corrected chi connectivity index (χ3v) is 6.37. The van der Waals surface area contributed by atoms with Crippen molar-refractivity contribution in [1.82, 2.24) is 20.8 Å². The van der Waals surface area contributed by atoms with Gasteiger partial charge in [0.1, 0.15) is 11.9 Å². The predicted molar refractivity (Wildman–Crippen MR) is 103 cm³/mol. The molecule has 1 aromatic rings. The first-order chi connectivity index (χ1) is 13.4. The summed E-state index contributed by atoms with van der Waals surface area (Å²) in [6.45, 7) is 1.83. The van der Waals surface area contributed by atoms with Crippen LogP contribution in [0.15, 0.2) is 18.5 Å². The van der Waals surface area contributed by atoms with Crippen LogP contribution in [0, 0.1) is 17.8 Å². The Morgan fingerprint density at radius 1 is 1.14 bits per heavy atom. The van der Waals surface area contributed by atoms with Gasteiger partial charge in [-0.15, -0.1) is 0 Å². The SMILES string of the molecule is C[C@@H](Nc1cnc(/C=C/C(=O)NO)cn1)C(=O)NC12CC3CC(CC(C3)C1)C2. The average molecular weight is 385 g/mol. The van der Waals surface area contributed by atoms with Crippen molar-refractivity contribution in [2.75, 3.05) is 5.32 Å². The second-order valence-corrected chi connectivity index (χ2v) is 8.69. The van der Waals surface area contributed by atoms with Crippen LogP contribution in [0.2, 0.25) is 0 Å². The van der Waals surface area contributed by atoms with E-state index >= 15 is 0 Å². The lowest BCUT2D eigenvalue weighted by molar-refractivity contribution is -0.127. The van der Waals surface area contributed by atoms with E-state index in [1.165, 1.54) is 43.2 Å². The second kappa shape index (κ2) is 7.50. The molecule has 5 rings (SSSR count). The Hall–Kier alpha value is -2.48. The Morgan fingerprint density at radius 2 is 1.79 bits per heavy atom. The summed E-state index contributed by atoms with van der Waals surface area (Å²) in [6, 6.07) is -0.413. The lowest BCUT2D eigenvalue weighted by Crippen LogP contribution is -2.61. The minimum absolute atomic E-state index is 0.00458. The fourth-order valence-corrected chi connectivity index (χ4v) is 5.62. The first-order valence-corrected chi connectivity index (χ1v) is 9.97. The number of aromatic nitrogens is 2. The molecule has 0 unspecified atom stereocenters. The maximum atomic E-state index is 12.8. The highest BCUT2D eigenvalue weighted by molar-refractivity contribution is 5.90. The number of anilines is 1. The summed E-state index contributed by atoms with van der Waals surface area (Å²) in [5.41, 5.74) is 1.98. The van der Waals surface area contributed by atoms with Gasteiger partial charge in [0.2, 0.25) is 5.91 Å². The molecule has 4 aliphatic carbocycles. The molecule has 8 heteroatoms. The number of rotatable bonds is 6. The van der Waals surface area contributed by atoms with Gasteiger partial charge in [-0.2, -0.15) is 0 Å². The molecule has 150 valence electrons. The fraction of sp³-hybridized carbons (Fsp3) is 0.600. The smallest absolute Gasteiger partial charge is 0.267 e. The van der Waals surface area contributed by atoms with E-state index in [1.54, 1.807) is 0 Å². The van der Waals surface area contributed by atoms with Crippen molar-refractivity contribution in [2.45, 2.75) is 57.0 Å². The minimum Gasteiger partial charge on any atom is -0.357 e. The minimum atomic E-state index is -0.640. The zero-order valence-electron chi connectivity index (χ0n) is 16.0. The summed E-state index contributed by atoms with van der Waals surface area (Å²) < 4.78 is 0. The van der Waals surface area contributed by atoms with Crippen molar-refractivity contribution < 1.29 is 14.8 Å². The number of amides is 2. The van der Waals surface area contributed by atoms with Crippen molar-refractivity contribution in [3.63, 3.8) is 0 Å². The van der Waals surface area contributed by atoms with E-state index < -0.39 is 11.9 Å². The zero-order valence-corrected chi connectivity index (χ0v) is 16.0. The number of carbonyl (C=O) groups is 2. The topological polar surface area (TPSA) is 116 Å². The molecule has 0 aromatic carbocycles. The van der Waals surface area contributed by atoms with Crippen molar-refractivity contribution in [3.05, 3.63) is 24.2 Å². The van der Waals surface area contributed by atoms with E-state index in [9.17, 15) is 9.59 Å². The Bertz CT molecular complexity index is 741. The highest BCUT2D eigenvalue weighted by Crippen LogP contribution is 2.55. The van der Waals surface area contributed by atoms with Crippen LogP contribution >= 0.6 is 0 Å². The molecule has 28 heavy (non-hydrogen) atoms. The fourth-order valence-electron chi connectivity index (χ4n) is 5.62. The monoisotopic (exact) mass is 385 g/mol. The predicted octanol–water partition coefficient (Wildman–Crippen LogP) is 1.88. The Balaban J connectivity index is 1.33. The summed E-state index contributed by atoms with van der Waals surface area (Å²) >= 11 is 0. The Kier molecular flexibility index (Phi) is 5.05. The summed E-state index contributed by atoms with van der Waals surface area (Å²) in [7, 11) is 0. The lowest BCUT2D eigenvalue weighted by atomic mass is 9.53. The van der Waals surface area contributed by atoms with E-state index in [4.69, 9.17) is 5.21 Å². The van der Waals surface area contributed by atoms with Crippen LogP contribution in [0.5, 0.6) is 0 Å². The summed E-state index contributed by atoms with van der Waals surface area (Å²) in [5.74, 6) is 2.22. The average Bonchev–Trinajstić information content (AvgIpc) is 2.65. The molecule has 4 N–H and O–H groups in total. The first kappa shape index (κ1) is 18.9. The van der Waals surface area contributed by atoms with Crippen molar-refractivity contribution in [2.24, 2.45) is 17.8 Å². The maximum absolute atomic E-state index is 12.8. The van der Waals surface area contributed by atoms with Gasteiger partial charge in [0.15, 0.2) is 0 Å². The molecule has 1 atom stereocenters. The molecule has 4 saturated carbocycles. The van der Waals surface area contributed by atoms with E-state index in [0.29, 0.717) is 11.5 Å². The molecule has 8 nitrogen and oxygen atoms in total. The number of carbonyl (C=O) groups excluding carboxylic acids is 2. The summed E-state index contributed by atoms with van der Waals surface area (Å²) in [4.78, 5) is 32.2. The number of nitrogens with zero attached hydrogens (tertiary/aromatic N) is 2. The lowest BCUT2D eigenvalue weighted by Gasteiger charge is -2.57. The highest BCUT2D eigenvalue weighted by Gasteiger charge is 2.51. The molecular formula is C20H27N5O3. The molecule has 1 aromatic heterocycles. The first-order valence-electron chi connectivity index (χ1n) is 9.97. The highest BCUT2D eigenvalue weighted by atomic mass is 16.5. The molecule has 0 saturated heterocycles. The Labute approximate surface area is 164 Å². The normalized spacial score (nSPS) is 31.6. The summed E-state index contributed by atoms with van der Waals surface area (Å²) in [5, 5.41) is 14.9. The van der Waals surface area contributed by atoms with E-state index in [1.807, 2.05) is 6.92 Å². The van der Waals surface area contributed by atoms with Crippen LogP contribution in [0.1, 0.15) is 51.1 Å². The van der Waals surface area contributed by atoms with E-state index in [-0.39, 0.29) is 11.4 Å². The van der Waals surface area contributed by atoms with Gasteiger partial charge in [0.25, 0.3) is 5.91 Å². The van der Waals surface area contributed by atoms with Crippen LogP contribution < -0.4 is 16.1 Å². The van der Waals surface area contributed by atoms with Crippen LogP contribution in [0.25, 0.3) is 6.08 Å². The maximum Gasteiger partial charge on any atom is 0.267 e. The van der Waals surface area contributed by atoms with Crippen molar-refractivity contribution >= 4 is 23.7 Å². The van der Waals surface area contributed by atoms with Crippen LogP contribution in [-0.2, 0) is 9.59 Å². The second-order valence-electron chi connectivity index (χ2n) is 8.69. The van der Waals surface area contributed by atoms with Gasteiger partial charge in [-0.1, -0.05) is 0 Å². The van der Waals surface area contributed by atoms with Gasteiger partial charge < -0.3 is 10.6 Å². The van der Waals surface area contributed by atoms with Gasteiger partial charge in [-0.25, -0.2) is 10.5 Å². The molecule has 0 aliphatic heterocycles. The number of nitrogens with one attached hydrogen (secondary N) is 3. The molecule has 4 bridgehead atoms. The van der Waals surface area contributed by atoms with Crippen molar-refractivity contribution in [3.8, 4) is 0 Å². The zero-order chi connectivity index (χ0) is 19.7. The molecular weight excluding hydrogens is 358 g/mol. The standard InChI is InChI=1S/C20H27N5O3/c1-12(23-17-11-21-16(10-22-17)2-3-18(26)25-28)19(27)24-20-7-13-4-14(8-20)6-15(5-13)9-20/h2-3,10-15,28H,4-9H2,1H3,(H,22,23)(H,24,27)(H,25,26)/b3-2+/t12-,13?,14?,15?,20?/m1/s1. The van der Waals surface area contributed by atoms with Crippen LogP contribution in [0.4, 0.5) is 5.82 Å². The number of hydroxylamine groups is 1. The molecule has 0 radical (unpaired) electrons. The Morgan fingerprint density at radius 3 is 2.32 bits per heavy atom. The number of hydrogen-bond acceptors (Lipinski definition) is 6. The van der Waals surface area contributed by atoms with Crippen molar-refractivity contribution in [1.29, 1.82) is 0 Å². The number of hydrogen-bond donors (Lipinski definition) is 4. The van der Waals surface area contributed by atoms with Gasteiger partial charge in [0, 0.05) is 11.6 Å². The van der Waals surface area contributed by atoms with Gasteiger partial charge in [-0.3, -0.25) is 19.8 Å². The third kappa shape index (κ3) is 4.01. The summed E-state index contributed by atoms with van der Waals surface area (Å²) in [6.07, 6.45) is 13.0. The van der Waals surface area contributed by atoms with Gasteiger partial charge in [-0.05, 0) is 69.3 Å². The van der Waals surface area contributed by atoms with Gasteiger partial charge >= 0.3 is 0 Å². The van der Waals surface area contributed by atoms with Crippen LogP contribution in [0.3, 0.4) is 0 Å². The third-order valence-electron chi connectivity index (χ3n) is 6.37. The molecule has 4 aliphatic rings. The van der Waals surface area contributed by atoms with Gasteiger partial charge in [0.05, 0.1) is 18.1 Å². The molecule has 1 heterocycles. The molecule has 4 fully saturated rings. The van der Waals surface area contributed by atoms with Crippen LogP contribution in [-0.4, -0.2) is 38.6 Å². The quantitative estimate of drug-likeness (QED) is 0.338. The largest absolute Gasteiger partial charge is 0.357 e. The molecule has 0 spiro atoms.